The predicted octanol–water partition coefficient (Wildman–Crippen LogP) is 5.33. The van der Waals surface area contributed by atoms with Crippen molar-refractivity contribution in [2.75, 3.05) is 40.1 Å². The fraction of sp³-hybridized carbons (Fsp3) is 0.643. The summed E-state index contributed by atoms with van der Waals surface area (Å²) in [7, 11) is 1.25. The van der Waals surface area contributed by atoms with Crippen LogP contribution in [0.1, 0.15) is 71.3 Å². The van der Waals surface area contributed by atoms with Crippen molar-refractivity contribution in [3.05, 3.63) is 23.8 Å². The first kappa shape index (κ1) is 34.5. The third-order valence-corrected chi connectivity index (χ3v) is 5.39. The summed E-state index contributed by atoms with van der Waals surface area (Å²) in [5.74, 6) is -0.673. The second kappa shape index (κ2) is 21.3. The molecule has 0 spiro atoms. The predicted molar refractivity (Wildman–Crippen MR) is 145 cm³/mol. The van der Waals surface area contributed by atoms with Crippen LogP contribution in [-0.2, 0) is 34.9 Å². The van der Waals surface area contributed by atoms with Crippen LogP contribution in [0.4, 0.5) is 14.4 Å². The van der Waals surface area contributed by atoms with Crippen molar-refractivity contribution in [3.63, 3.8) is 0 Å². The molecule has 0 amide bonds. The highest BCUT2D eigenvalue weighted by atomic mass is 16.7. The van der Waals surface area contributed by atoms with Crippen LogP contribution in [0.25, 0.3) is 0 Å². The normalized spacial score (nSPS) is 11.2. The number of nitrogens with one attached hydrogen (secondary N) is 1. The first-order chi connectivity index (χ1) is 19.3. The number of unbranched alkanes of at least 4 members (excludes halogenated alkanes) is 4. The van der Waals surface area contributed by atoms with Crippen LogP contribution in [0.5, 0.6) is 11.5 Å². The van der Waals surface area contributed by atoms with Gasteiger partial charge >= 0.3 is 24.4 Å². The molecule has 1 atom stereocenters. The van der Waals surface area contributed by atoms with E-state index >= 15 is 0 Å². The van der Waals surface area contributed by atoms with Crippen molar-refractivity contribution < 1.29 is 52.3 Å². The van der Waals surface area contributed by atoms with Crippen LogP contribution in [0.3, 0.4) is 0 Å². The molecule has 0 heterocycles. The quantitative estimate of drug-likeness (QED) is 0.0994. The molecule has 0 unspecified atom stereocenters. The Labute approximate surface area is 235 Å². The Bertz CT molecular complexity index is 906. The topological polar surface area (TPSA) is 145 Å². The monoisotopic (exact) mass is 569 g/mol. The third kappa shape index (κ3) is 15.2. The van der Waals surface area contributed by atoms with E-state index in [0.29, 0.717) is 24.8 Å². The number of benzene rings is 1. The molecule has 1 N–H and O–H groups in total. The van der Waals surface area contributed by atoms with Gasteiger partial charge < -0.3 is 38.5 Å². The first-order valence-electron chi connectivity index (χ1n) is 13.8. The highest BCUT2D eigenvalue weighted by molar-refractivity contribution is 5.76. The molecule has 0 saturated carbocycles. The molecule has 0 aliphatic rings. The van der Waals surface area contributed by atoms with Gasteiger partial charge in [0.25, 0.3) is 0 Å². The number of methoxy groups -OCH3 is 1. The number of rotatable bonds is 19. The Morgan fingerprint density at radius 2 is 1.27 bits per heavy atom. The lowest BCUT2D eigenvalue weighted by molar-refractivity contribution is -0.143. The van der Waals surface area contributed by atoms with E-state index in [-0.39, 0.29) is 50.9 Å². The summed E-state index contributed by atoms with van der Waals surface area (Å²) in [6.45, 7) is 6.69. The molecule has 0 bridgehead atoms. The van der Waals surface area contributed by atoms with Gasteiger partial charge in [-0.25, -0.2) is 14.4 Å². The molecule has 0 saturated heterocycles. The summed E-state index contributed by atoms with van der Waals surface area (Å²) < 4.78 is 35.5. The van der Waals surface area contributed by atoms with E-state index in [2.05, 4.69) is 5.32 Å². The zero-order valence-corrected chi connectivity index (χ0v) is 24.0. The van der Waals surface area contributed by atoms with E-state index < -0.39 is 30.5 Å². The van der Waals surface area contributed by atoms with Gasteiger partial charge in [-0.3, -0.25) is 4.79 Å². The van der Waals surface area contributed by atoms with Crippen molar-refractivity contribution >= 4 is 24.4 Å². The summed E-state index contributed by atoms with van der Waals surface area (Å²) in [6, 6.07) is 3.69. The summed E-state index contributed by atoms with van der Waals surface area (Å²) in [4.78, 5) is 48.3. The standard InChI is InChI=1S/C28H43NO11/c1-5-8-10-16-36-27(32)39-23-13-12-21(20-24(23)40-28(33)37-17-11-9-6-2)19-22(25(30)34-4)29-14-18-38-26(31)35-15-7-3/h12-13,20,22,29H,5-11,14-19H2,1-4H3/t22-/m0/s1. The molecule has 12 heteroatoms. The van der Waals surface area contributed by atoms with Crippen LogP contribution in [-0.4, -0.2) is 70.6 Å². The Morgan fingerprint density at radius 3 is 1.85 bits per heavy atom. The second-order valence-corrected chi connectivity index (χ2v) is 8.78. The highest BCUT2D eigenvalue weighted by Crippen LogP contribution is 2.30. The lowest BCUT2D eigenvalue weighted by atomic mass is 10.1. The lowest BCUT2D eigenvalue weighted by Gasteiger charge is -2.18. The molecule has 1 rings (SSSR count). The van der Waals surface area contributed by atoms with Crippen molar-refractivity contribution in [3.8, 4) is 11.5 Å². The summed E-state index contributed by atoms with van der Waals surface area (Å²) in [6.07, 6.45) is 3.23. The van der Waals surface area contributed by atoms with Gasteiger partial charge in [0.1, 0.15) is 12.6 Å². The highest BCUT2D eigenvalue weighted by Gasteiger charge is 2.22. The second-order valence-electron chi connectivity index (χ2n) is 8.78. The molecule has 0 aliphatic heterocycles. The van der Waals surface area contributed by atoms with Crippen LogP contribution < -0.4 is 14.8 Å². The molecule has 226 valence electrons. The summed E-state index contributed by atoms with van der Waals surface area (Å²) >= 11 is 0. The van der Waals surface area contributed by atoms with Gasteiger partial charge in [0.2, 0.25) is 0 Å². The molecular weight excluding hydrogens is 526 g/mol. The number of carbonyl (C=O) groups excluding carboxylic acids is 4. The van der Waals surface area contributed by atoms with Crippen LogP contribution in [0, 0.1) is 0 Å². The van der Waals surface area contributed by atoms with E-state index in [4.69, 9.17) is 33.2 Å². The largest absolute Gasteiger partial charge is 0.513 e. The number of carbonyl (C=O) groups is 4. The van der Waals surface area contributed by atoms with E-state index in [9.17, 15) is 19.2 Å². The van der Waals surface area contributed by atoms with E-state index in [0.717, 1.165) is 25.7 Å². The maximum Gasteiger partial charge on any atom is 0.513 e. The average Bonchev–Trinajstić information content (AvgIpc) is 2.94. The van der Waals surface area contributed by atoms with Crippen LogP contribution in [0.2, 0.25) is 0 Å². The van der Waals surface area contributed by atoms with Gasteiger partial charge in [-0.1, -0.05) is 52.5 Å². The van der Waals surface area contributed by atoms with Gasteiger partial charge in [-0.2, -0.15) is 0 Å². The van der Waals surface area contributed by atoms with Crippen molar-refractivity contribution in [1.82, 2.24) is 5.32 Å². The van der Waals surface area contributed by atoms with Crippen molar-refractivity contribution in [2.45, 2.75) is 78.2 Å². The molecule has 40 heavy (non-hydrogen) atoms. The fourth-order valence-corrected chi connectivity index (χ4v) is 3.31. The summed E-state index contributed by atoms with van der Waals surface area (Å²) in [5, 5.41) is 2.97. The molecule has 0 aromatic heterocycles. The van der Waals surface area contributed by atoms with Crippen molar-refractivity contribution in [2.24, 2.45) is 0 Å². The Hall–Kier alpha value is -3.54. The minimum absolute atomic E-state index is 0.0264. The SMILES string of the molecule is CCCCCOC(=O)Oc1ccc(C[C@H](NCCOC(=O)OCCC)C(=O)OC)cc1OC(=O)OCCCCC. The Balaban J connectivity index is 2.92. The van der Waals surface area contributed by atoms with Gasteiger partial charge in [0, 0.05) is 6.54 Å². The third-order valence-electron chi connectivity index (χ3n) is 5.39. The molecule has 1 aromatic rings. The van der Waals surface area contributed by atoms with Crippen LogP contribution >= 0.6 is 0 Å². The Morgan fingerprint density at radius 1 is 0.700 bits per heavy atom. The first-order valence-corrected chi connectivity index (χ1v) is 13.8. The van der Waals surface area contributed by atoms with E-state index in [1.807, 2.05) is 20.8 Å². The molecule has 0 fully saturated rings. The lowest BCUT2D eigenvalue weighted by Crippen LogP contribution is -2.41. The van der Waals surface area contributed by atoms with Gasteiger partial charge in [0.05, 0.1) is 26.9 Å². The zero-order valence-electron chi connectivity index (χ0n) is 24.0. The number of hydrogen-bond acceptors (Lipinski definition) is 12. The molecule has 0 radical (unpaired) electrons. The average molecular weight is 570 g/mol. The molecular formula is C28H43NO11. The number of hydrogen-bond donors (Lipinski definition) is 1. The molecule has 12 nitrogen and oxygen atoms in total. The van der Waals surface area contributed by atoms with E-state index in [1.165, 1.54) is 19.2 Å². The molecule has 0 aliphatic carbocycles. The molecule has 1 aromatic carbocycles. The zero-order chi connectivity index (χ0) is 29.6. The maximum atomic E-state index is 12.4. The number of ether oxygens (including phenoxy) is 7. The Kier molecular flexibility index (Phi) is 18.4. The maximum absolute atomic E-state index is 12.4. The minimum atomic E-state index is -0.954. The van der Waals surface area contributed by atoms with Crippen molar-refractivity contribution in [1.29, 1.82) is 0 Å². The minimum Gasteiger partial charge on any atom is -0.468 e. The fourth-order valence-electron chi connectivity index (χ4n) is 3.31. The van der Waals surface area contributed by atoms with Gasteiger partial charge in [-0.05, 0) is 43.4 Å². The smallest absolute Gasteiger partial charge is 0.468 e. The van der Waals surface area contributed by atoms with Gasteiger partial charge in [-0.15, -0.1) is 0 Å². The number of esters is 1. The van der Waals surface area contributed by atoms with E-state index in [1.54, 1.807) is 6.07 Å². The van der Waals surface area contributed by atoms with Gasteiger partial charge in [0.15, 0.2) is 11.5 Å². The summed E-state index contributed by atoms with van der Waals surface area (Å²) in [5.41, 5.74) is 0.559. The van der Waals surface area contributed by atoms with Crippen LogP contribution in [0.15, 0.2) is 18.2 Å².